The number of fused-ring (bicyclic) bond motifs is 1. The van der Waals surface area contributed by atoms with Crippen molar-refractivity contribution in [3.05, 3.63) is 82.6 Å². The van der Waals surface area contributed by atoms with Crippen molar-refractivity contribution < 1.29 is 10.2 Å². The smallest absolute Gasteiger partial charge is 0.261 e. The maximum absolute atomic E-state index is 12.2. The van der Waals surface area contributed by atoms with E-state index >= 15 is 0 Å². The van der Waals surface area contributed by atoms with E-state index < -0.39 is 0 Å². The number of nitrogens with zero attached hydrogens (tertiary/aromatic N) is 1. The fourth-order valence-corrected chi connectivity index (χ4v) is 3.38. The Balaban J connectivity index is 1.89. The molecule has 28 heavy (non-hydrogen) atoms. The average molecular weight is 370 g/mol. The highest BCUT2D eigenvalue weighted by molar-refractivity contribution is 6.03. The Morgan fingerprint density at radius 1 is 0.857 bits per heavy atom. The van der Waals surface area contributed by atoms with Gasteiger partial charge < -0.3 is 15.2 Å². The molecule has 4 rings (SSSR count). The molecular formula is C23H18N2O3. The predicted molar refractivity (Wildman–Crippen MR) is 112 cm³/mol. The van der Waals surface area contributed by atoms with Gasteiger partial charge in [0, 0.05) is 24.2 Å². The molecule has 0 aliphatic rings. The molecule has 138 valence electrons. The molecule has 4 aromatic rings. The van der Waals surface area contributed by atoms with Gasteiger partial charge in [0.25, 0.3) is 5.56 Å². The summed E-state index contributed by atoms with van der Waals surface area (Å²) in [6, 6.07) is 20.3. The van der Waals surface area contributed by atoms with Crippen LogP contribution in [0.1, 0.15) is 5.56 Å². The highest BCUT2D eigenvalue weighted by Crippen LogP contribution is 2.36. The van der Waals surface area contributed by atoms with Gasteiger partial charge in [-0.2, -0.15) is 0 Å². The summed E-state index contributed by atoms with van der Waals surface area (Å²) in [5.74, 6) is 0.129. The van der Waals surface area contributed by atoms with Crippen molar-refractivity contribution in [2.75, 3.05) is 7.05 Å². The highest BCUT2D eigenvalue weighted by Gasteiger charge is 2.14. The molecule has 0 saturated heterocycles. The van der Waals surface area contributed by atoms with Crippen LogP contribution < -0.4 is 5.56 Å². The first-order valence-electron chi connectivity index (χ1n) is 8.79. The second kappa shape index (κ2) is 7.04. The van der Waals surface area contributed by atoms with Gasteiger partial charge in [0.1, 0.15) is 11.5 Å². The Morgan fingerprint density at radius 3 is 2.18 bits per heavy atom. The van der Waals surface area contributed by atoms with Crippen LogP contribution in [0, 0.1) is 0 Å². The van der Waals surface area contributed by atoms with E-state index in [1.165, 1.54) is 6.21 Å². The molecule has 0 bridgehead atoms. The molecule has 3 N–H and O–H groups in total. The summed E-state index contributed by atoms with van der Waals surface area (Å²) in [4.78, 5) is 18.9. The maximum atomic E-state index is 12.2. The van der Waals surface area contributed by atoms with Crippen molar-refractivity contribution in [2.45, 2.75) is 0 Å². The molecule has 0 saturated carbocycles. The molecule has 3 aromatic carbocycles. The number of rotatable bonds is 3. The Bertz CT molecular complexity index is 1260. The number of hydrogen-bond acceptors (Lipinski definition) is 4. The van der Waals surface area contributed by atoms with Crippen molar-refractivity contribution in [1.82, 2.24) is 4.98 Å². The van der Waals surface area contributed by atoms with E-state index in [1.807, 2.05) is 48.5 Å². The minimum absolute atomic E-state index is 0.0928. The number of hydrogen-bond donors (Lipinski definition) is 3. The van der Waals surface area contributed by atoms with Crippen molar-refractivity contribution >= 4 is 17.1 Å². The van der Waals surface area contributed by atoms with Crippen molar-refractivity contribution in [2.24, 2.45) is 4.99 Å². The normalized spacial score (nSPS) is 11.3. The zero-order valence-electron chi connectivity index (χ0n) is 15.2. The first-order valence-corrected chi connectivity index (χ1v) is 8.79. The SMILES string of the molecule is CN=Cc1c(O)c2c(-c3ccc(-c4ccccc4O)cc3)cccc2[nH]c1=O. The van der Waals surface area contributed by atoms with Crippen LogP contribution in [0.15, 0.2) is 76.5 Å². The second-order valence-corrected chi connectivity index (χ2v) is 6.43. The van der Waals surface area contributed by atoms with E-state index in [1.54, 1.807) is 25.2 Å². The van der Waals surface area contributed by atoms with Gasteiger partial charge in [-0.3, -0.25) is 9.79 Å². The monoisotopic (exact) mass is 370 g/mol. The lowest BCUT2D eigenvalue weighted by Gasteiger charge is -2.11. The molecule has 0 unspecified atom stereocenters. The Morgan fingerprint density at radius 2 is 1.50 bits per heavy atom. The molecule has 0 aliphatic heterocycles. The quantitative estimate of drug-likeness (QED) is 0.470. The number of H-pyrrole nitrogens is 1. The average Bonchev–Trinajstić information content (AvgIpc) is 2.71. The van der Waals surface area contributed by atoms with Crippen LogP contribution in [0.2, 0.25) is 0 Å². The van der Waals surface area contributed by atoms with E-state index in [0.717, 1.165) is 22.3 Å². The van der Waals surface area contributed by atoms with Crippen LogP contribution in [-0.4, -0.2) is 28.5 Å². The summed E-state index contributed by atoms with van der Waals surface area (Å²) in [6.45, 7) is 0. The third-order valence-corrected chi connectivity index (χ3v) is 4.72. The first-order chi connectivity index (χ1) is 13.6. The number of nitrogens with one attached hydrogen (secondary N) is 1. The molecule has 0 spiro atoms. The number of aromatic hydroxyl groups is 2. The number of pyridine rings is 1. The molecule has 0 amide bonds. The summed E-state index contributed by atoms with van der Waals surface area (Å²) in [5.41, 5.74) is 3.61. The van der Waals surface area contributed by atoms with Gasteiger partial charge in [0.05, 0.1) is 11.1 Å². The molecule has 5 heteroatoms. The summed E-state index contributed by atoms with van der Waals surface area (Å²) in [6.07, 6.45) is 1.35. The van der Waals surface area contributed by atoms with Crippen LogP contribution >= 0.6 is 0 Å². The summed E-state index contributed by atoms with van der Waals surface area (Å²) in [7, 11) is 1.55. The van der Waals surface area contributed by atoms with Gasteiger partial charge in [0.15, 0.2) is 0 Å². The minimum Gasteiger partial charge on any atom is -0.507 e. The Kier molecular flexibility index (Phi) is 4.41. The van der Waals surface area contributed by atoms with Gasteiger partial charge in [-0.25, -0.2) is 0 Å². The van der Waals surface area contributed by atoms with Crippen LogP contribution in [0.3, 0.4) is 0 Å². The fourth-order valence-electron chi connectivity index (χ4n) is 3.38. The van der Waals surface area contributed by atoms with Crippen molar-refractivity contribution in [1.29, 1.82) is 0 Å². The number of benzene rings is 3. The van der Waals surface area contributed by atoms with Crippen molar-refractivity contribution in [3.8, 4) is 33.8 Å². The fraction of sp³-hybridized carbons (Fsp3) is 0.0435. The largest absolute Gasteiger partial charge is 0.507 e. The molecule has 0 atom stereocenters. The van der Waals surface area contributed by atoms with E-state index in [2.05, 4.69) is 9.98 Å². The summed E-state index contributed by atoms with van der Waals surface area (Å²) in [5, 5.41) is 21.3. The standard InChI is InChI=1S/C23H18N2O3/c1-24-13-18-22(27)21-17(6-4-7-19(21)25-23(18)28)15-11-9-14(10-12-15)16-5-2-3-8-20(16)26/h2-13,26H,1H3,(H2,25,27,28). The summed E-state index contributed by atoms with van der Waals surface area (Å²) < 4.78 is 0. The van der Waals surface area contributed by atoms with Crippen molar-refractivity contribution in [3.63, 3.8) is 0 Å². The topological polar surface area (TPSA) is 85.7 Å². The number of phenols is 1. The zero-order chi connectivity index (χ0) is 19.7. The number of phenolic OH excluding ortho intramolecular Hbond substituents is 1. The van der Waals surface area contributed by atoms with Crippen LogP contribution in [0.5, 0.6) is 11.5 Å². The van der Waals surface area contributed by atoms with E-state index in [4.69, 9.17) is 0 Å². The van der Waals surface area contributed by atoms with Crippen LogP contribution in [0.25, 0.3) is 33.2 Å². The van der Waals surface area contributed by atoms with Gasteiger partial charge in [-0.05, 0) is 28.8 Å². The first kappa shape index (κ1) is 17.5. The third kappa shape index (κ3) is 2.93. The number of aromatic nitrogens is 1. The molecule has 1 aromatic heterocycles. The lowest BCUT2D eigenvalue weighted by molar-refractivity contribution is 0.477. The summed E-state index contributed by atoms with van der Waals surface area (Å²) >= 11 is 0. The lowest BCUT2D eigenvalue weighted by Crippen LogP contribution is -2.12. The predicted octanol–water partition coefficient (Wildman–Crippen LogP) is 4.32. The Hall–Kier alpha value is -3.86. The zero-order valence-corrected chi connectivity index (χ0v) is 15.2. The van der Waals surface area contributed by atoms with Crippen LogP contribution in [0.4, 0.5) is 0 Å². The molecule has 0 fully saturated rings. The van der Waals surface area contributed by atoms with Gasteiger partial charge in [-0.15, -0.1) is 0 Å². The Labute approximate surface area is 161 Å². The molecular weight excluding hydrogens is 352 g/mol. The molecule has 5 nitrogen and oxygen atoms in total. The van der Waals surface area contributed by atoms with E-state index in [9.17, 15) is 15.0 Å². The highest BCUT2D eigenvalue weighted by atomic mass is 16.3. The minimum atomic E-state index is -0.386. The second-order valence-electron chi connectivity index (χ2n) is 6.43. The van der Waals surface area contributed by atoms with E-state index in [-0.39, 0.29) is 22.6 Å². The van der Waals surface area contributed by atoms with E-state index in [0.29, 0.717) is 10.9 Å². The van der Waals surface area contributed by atoms with Gasteiger partial charge >= 0.3 is 0 Å². The molecule has 1 heterocycles. The van der Waals surface area contributed by atoms with Crippen LogP contribution in [-0.2, 0) is 0 Å². The molecule has 0 radical (unpaired) electrons. The van der Waals surface area contributed by atoms with Gasteiger partial charge in [-0.1, -0.05) is 54.6 Å². The third-order valence-electron chi connectivity index (χ3n) is 4.72. The number of aliphatic imine (C=N–C) groups is 1. The number of aromatic amines is 1. The lowest BCUT2D eigenvalue weighted by atomic mass is 9.96. The number of para-hydroxylation sites is 1. The molecule has 0 aliphatic carbocycles. The van der Waals surface area contributed by atoms with Gasteiger partial charge in [0.2, 0.25) is 0 Å². The maximum Gasteiger partial charge on any atom is 0.261 e.